The van der Waals surface area contributed by atoms with Gasteiger partial charge < -0.3 is 20.8 Å². The van der Waals surface area contributed by atoms with Gasteiger partial charge in [0.2, 0.25) is 0 Å². The number of benzene rings is 2. The molecule has 1 aliphatic heterocycles. The Hall–Kier alpha value is -2.28. The summed E-state index contributed by atoms with van der Waals surface area (Å²) in [4.78, 5) is 8.36. The summed E-state index contributed by atoms with van der Waals surface area (Å²) in [5.74, 6) is 0.730. The van der Waals surface area contributed by atoms with E-state index in [2.05, 4.69) is 41.8 Å². The third-order valence-electron chi connectivity index (χ3n) is 4.43. The van der Waals surface area contributed by atoms with E-state index in [4.69, 9.17) is 15.0 Å². The minimum absolute atomic E-state index is 0.0648. The smallest absolute Gasteiger partial charge is 0.290 e. The minimum Gasteiger partial charge on any atom is -0.483 e. The van der Waals surface area contributed by atoms with Crippen molar-refractivity contribution in [2.24, 2.45) is 0 Å². The highest BCUT2D eigenvalue weighted by Gasteiger charge is 2.22. The normalized spacial score (nSPS) is 16.9. The molecular weight excluding hydrogens is 371 g/mol. The van der Waals surface area contributed by atoms with Crippen LogP contribution in [-0.4, -0.2) is 42.9 Å². The first-order chi connectivity index (χ1) is 14.0. The number of hydrogen-bond donors (Lipinski definition) is 4. The predicted octanol–water partition coefficient (Wildman–Crippen LogP) is 3.46. The highest BCUT2D eigenvalue weighted by molar-refractivity contribution is 5.32. The number of rotatable bonds is 3. The summed E-state index contributed by atoms with van der Waals surface area (Å²) in [6.45, 7) is 4.38. The molecule has 4 N–H and O–H groups in total. The molecule has 2 fully saturated rings. The Morgan fingerprint density at radius 3 is 2.24 bits per heavy atom. The molecule has 0 aromatic heterocycles. The Morgan fingerprint density at radius 1 is 1.17 bits per heavy atom. The van der Waals surface area contributed by atoms with Crippen LogP contribution in [0.4, 0.5) is 4.39 Å². The van der Waals surface area contributed by atoms with E-state index in [1.54, 1.807) is 6.07 Å². The van der Waals surface area contributed by atoms with Crippen LogP contribution in [0.2, 0.25) is 0 Å². The number of hydrogen-bond acceptors (Lipinski definition) is 4. The fourth-order valence-electron chi connectivity index (χ4n) is 2.75. The third kappa shape index (κ3) is 12.0. The molecule has 160 valence electrons. The Labute approximate surface area is 173 Å². The van der Waals surface area contributed by atoms with E-state index in [1.165, 1.54) is 36.1 Å². The van der Waals surface area contributed by atoms with Crippen LogP contribution >= 0.6 is 0 Å². The fourth-order valence-corrected chi connectivity index (χ4v) is 2.75. The third-order valence-corrected chi connectivity index (χ3v) is 4.43. The number of nitrogens with one attached hydrogen (secondary N) is 2. The van der Waals surface area contributed by atoms with Gasteiger partial charge in [0.15, 0.2) is 0 Å². The van der Waals surface area contributed by atoms with Crippen LogP contribution in [0.5, 0.6) is 0 Å². The molecule has 2 aromatic carbocycles. The van der Waals surface area contributed by atoms with E-state index < -0.39 is 0 Å². The first kappa shape index (κ1) is 24.8. The summed E-state index contributed by atoms with van der Waals surface area (Å²) in [5.41, 5.74) is 3.87. The molecule has 5 nitrogen and oxygen atoms in total. The SMILES string of the molecule is CNCc1cccc(F)c1.Cc1ccc(C2CC2)cc1.O=CO.OC1CCNC1. The second kappa shape index (κ2) is 14.7. The molecule has 29 heavy (non-hydrogen) atoms. The van der Waals surface area contributed by atoms with Gasteiger partial charge in [0, 0.05) is 13.1 Å². The molecule has 1 unspecified atom stereocenters. The first-order valence-corrected chi connectivity index (χ1v) is 9.92. The zero-order valence-electron chi connectivity index (χ0n) is 17.3. The van der Waals surface area contributed by atoms with Gasteiger partial charge in [0.25, 0.3) is 6.47 Å². The van der Waals surface area contributed by atoms with Gasteiger partial charge in [0.1, 0.15) is 5.82 Å². The standard InChI is InChI=1S/C10H12.C8H10FN.C4H9NO.CH2O2/c1-8-2-4-9(5-3-8)10-6-7-10;1-10-6-7-3-2-4-8(9)5-7;6-4-1-2-5-3-4;2-1-3/h2-5,10H,6-7H2,1H3;2-5,10H,6H2,1H3;4-6H,1-3H2;1H,(H,2,3). The number of carbonyl (C=O) groups is 1. The van der Waals surface area contributed by atoms with Crippen molar-refractivity contribution in [2.45, 2.75) is 44.8 Å². The van der Waals surface area contributed by atoms with E-state index in [9.17, 15) is 4.39 Å². The van der Waals surface area contributed by atoms with E-state index in [1.807, 2.05) is 13.1 Å². The summed E-state index contributed by atoms with van der Waals surface area (Å²) in [7, 11) is 1.84. The van der Waals surface area contributed by atoms with Crippen LogP contribution in [-0.2, 0) is 11.3 Å². The van der Waals surface area contributed by atoms with Crippen LogP contribution in [0.15, 0.2) is 48.5 Å². The molecule has 6 heteroatoms. The lowest BCUT2D eigenvalue weighted by Crippen LogP contribution is -2.11. The van der Waals surface area contributed by atoms with Gasteiger partial charge in [-0.3, -0.25) is 4.79 Å². The van der Waals surface area contributed by atoms with Crippen LogP contribution < -0.4 is 10.6 Å². The molecule has 0 spiro atoms. The molecule has 2 aromatic rings. The summed E-state index contributed by atoms with van der Waals surface area (Å²) >= 11 is 0. The Kier molecular flexibility index (Phi) is 12.5. The highest BCUT2D eigenvalue weighted by Crippen LogP contribution is 2.39. The average molecular weight is 405 g/mol. The molecule has 1 saturated heterocycles. The molecule has 1 atom stereocenters. The van der Waals surface area contributed by atoms with E-state index in [0.717, 1.165) is 37.5 Å². The first-order valence-electron chi connectivity index (χ1n) is 9.92. The lowest BCUT2D eigenvalue weighted by molar-refractivity contribution is -0.122. The number of β-amino-alcohol motifs (C(OH)–C–C–N with tert-alkyl or cyclic N) is 1. The maximum absolute atomic E-state index is 12.5. The maximum atomic E-state index is 12.5. The second-order valence-electron chi connectivity index (χ2n) is 7.10. The lowest BCUT2D eigenvalue weighted by atomic mass is 10.1. The van der Waals surface area contributed by atoms with Crippen molar-refractivity contribution in [2.75, 3.05) is 20.1 Å². The van der Waals surface area contributed by atoms with E-state index >= 15 is 0 Å². The van der Waals surface area contributed by atoms with Crippen molar-refractivity contribution >= 4 is 6.47 Å². The minimum atomic E-state index is -0.250. The molecule has 0 amide bonds. The largest absolute Gasteiger partial charge is 0.483 e. The number of aliphatic hydroxyl groups excluding tert-OH is 1. The number of carboxylic acid groups (broad SMARTS) is 1. The van der Waals surface area contributed by atoms with Gasteiger partial charge in [-0.2, -0.15) is 0 Å². The van der Waals surface area contributed by atoms with Crippen molar-refractivity contribution < 1.29 is 19.4 Å². The number of aliphatic hydroxyl groups is 1. The molecular formula is C23H33FN2O3. The van der Waals surface area contributed by atoms with Gasteiger partial charge in [-0.25, -0.2) is 4.39 Å². The van der Waals surface area contributed by atoms with Gasteiger partial charge in [0.05, 0.1) is 6.10 Å². The molecule has 0 radical (unpaired) electrons. The van der Waals surface area contributed by atoms with E-state index in [0.29, 0.717) is 0 Å². The van der Waals surface area contributed by atoms with Crippen LogP contribution in [0.25, 0.3) is 0 Å². The van der Waals surface area contributed by atoms with Gasteiger partial charge >= 0.3 is 0 Å². The number of aryl methyl sites for hydroxylation is 1. The molecule has 4 rings (SSSR count). The molecule has 2 aliphatic rings. The van der Waals surface area contributed by atoms with Crippen molar-refractivity contribution in [3.63, 3.8) is 0 Å². The van der Waals surface area contributed by atoms with Crippen molar-refractivity contribution in [1.82, 2.24) is 10.6 Å². The Morgan fingerprint density at radius 2 is 1.83 bits per heavy atom. The quantitative estimate of drug-likeness (QED) is 0.589. The van der Waals surface area contributed by atoms with Crippen LogP contribution in [0.3, 0.4) is 0 Å². The molecule has 1 heterocycles. The van der Waals surface area contributed by atoms with Gasteiger partial charge in [-0.15, -0.1) is 0 Å². The highest BCUT2D eigenvalue weighted by atomic mass is 19.1. The second-order valence-corrected chi connectivity index (χ2v) is 7.10. The summed E-state index contributed by atoms with van der Waals surface area (Å²) in [5, 5.41) is 21.5. The maximum Gasteiger partial charge on any atom is 0.290 e. The van der Waals surface area contributed by atoms with Crippen molar-refractivity contribution in [3.8, 4) is 0 Å². The zero-order valence-corrected chi connectivity index (χ0v) is 17.3. The summed E-state index contributed by atoms with van der Waals surface area (Å²) in [6, 6.07) is 15.5. The molecule has 1 aliphatic carbocycles. The van der Waals surface area contributed by atoms with Crippen molar-refractivity contribution in [3.05, 3.63) is 71.0 Å². The summed E-state index contributed by atoms with van der Waals surface area (Å²) in [6.07, 6.45) is 3.68. The fraction of sp³-hybridized carbons (Fsp3) is 0.435. The molecule has 0 bridgehead atoms. The van der Waals surface area contributed by atoms with Crippen LogP contribution in [0, 0.1) is 12.7 Å². The zero-order chi connectivity index (χ0) is 21.5. The summed E-state index contributed by atoms with van der Waals surface area (Å²) < 4.78 is 12.5. The predicted molar refractivity (Wildman–Crippen MR) is 115 cm³/mol. The Balaban J connectivity index is 0.000000209. The van der Waals surface area contributed by atoms with E-state index in [-0.39, 0.29) is 18.4 Å². The lowest BCUT2D eigenvalue weighted by Gasteiger charge is -1.97. The molecule has 1 saturated carbocycles. The topological polar surface area (TPSA) is 81.6 Å². The van der Waals surface area contributed by atoms with Gasteiger partial charge in [-0.05, 0) is 69.0 Å². The average Bonchev–Trinajstić information content (AvgIpc) is 3.44. The monoisotopic (exact) mass is 404 g/mol. The van der Waals surface area contributed by atoms with Crippen LogP contribution in [0.1, 0.15) is 41.9 Å². The van der Waals surface area contributed by atoms with Gasteiger partial charge in [-0.1, -0.05) is 42.0 Å². The van der Waals surface area contributed by atoms with Crippen molar-refractivity contribution in [1.29, 1.82) is 0 Å². The Bertz CT molecular complexity index is 685. The number of halogens is 1.